The maximum absolute atomic E-state index is 12.2. The van der Waals surface area contributed by atoms with Gasteiger partial charge in [-0.3, -0.25) is 4.79 Å². The summed E-state index contributed by atoms with van der Waals surface area (Å²) in [6, 6.07) is 4.15. The van der Waals surface area contributed by atoms with Crippen molar-refractivity contribution in [3.05, 3.63) is 33.2 Å². The number of halogens is 1. The molecule has 0 unspecified atom stereocenters. The Hall–Kier alpha value is -1.72. The van der Waals surface area contributed by atoms with Crippen molar-refractivity contribution in [3.8, 4) is 0 Å². The summed E-state index contributed by atoms with van der Waals surface area (Å²) in [7, 11) is 0. The number of Topliss-reactive ketones (excluding diaryl/α,β-unsaturated/α-hetero) is 1. The number of imidazole rings is 1. The molecular formula is C22H27IN6OS. The van der Waals surface area contributed by atoms with Gasteiger partial charge in [0.15, 0.2) is 27.9 Å². The number of carbonyl (C=O) groups is 1. The average Bonchev–Trinajstić information content (AvgIpc) is 3.26. The van der Waals surface area contributed by atoms with Gasteiger partial charge >= 0.3 is 0 Å². The van der Waals surface area contributed by atoms with Gasteiger partial charge in [0.2, 0.25) is 0 Å². The summed E-state index contributed by atoms with van der Waals surface area (Å²) < 4.78 is 3.26. The Kier molecular flexibility index (Phi) is 7.12. The molecule has 0 atom stereocenters. The first kappa shape index (κ1) is 22.5. The zero-order valence-electron chi connectivity index (χ0n) is 17.8. The molecular weight excluding hydrogens is 523 g/mol. The van der Waals surface area contributed by atoms with E-state index in [4.69, 9.17) is 10.7 Å². The molecule has 7 nitrogen and oxygen atoms in total. The monoisotopic (exact) mass is 550 g/mol. The molecule has 164 valence electrons. The second-order valence-corrected chi connectivity index (χ2v) is 10.4. The first-order chi connectivity index (χ1) is 14.9. The van der Waals surface area contributed by atoms with Crippen molar-refractivity contribution in [1.29, 1.82) is 0 Å². The van der Waals surface area contributed by atoms with Gasteiger partial charge in [-0.1, -0.05) is 25.6 Å². The third-order valence-electron chi connectivity index (χ3n) is 5.34. The minimum atomic E-state index is 0.228. The highest BCUT2D eigenvalue weighted by Gasteiger charge is 2.23. The number of anilines is 1. The van der Waals surface area contributed by atoms with Gasteiger partial charge in [0.25, 0.3) is 0 Å². The quantitative estimate of drug-likeness (QED) is 0.303. The predicted octanol–water partition coefficient (Wildman–Crippen LogP) is 4.32. The summed E-state index contributed by atoms with van der Waals surface area (Å²) in [5, 5.41) is 4.33. The van der Waals surface area contributed by atoms with E-state index in [1.807, 2.05) is 6.07 Å². The van der Waals surface area contributed by atoms with Crippen LogP contribution in [0.25, 0.3) is 11.2 Å². The molecule has 0 saturated heterocycles. The fourth-order valence-corrected chi connectivity index (χ4v) is 5.56. The maximum atomic E-state index is 12.2. The van der Waals surface area contributed by atoms with Crippen LogP contribution in [0.2, 0.25) is 0 Å². The Balaban J connectivity index is 1.57. The van der Waals surface area contributed by atoms with Crippen LogP contribution in [0.1, 0.15) is 49.0 Å². The van der Waals surface area contributed by atoms with Crippen LogP contribution in [-0.4, -0.2) is 38.4 Å². The SMILES string of the molecule is CC(C)CNCCCCn1c(Sc2cc3c(cc2I)CCC3=O)nc2c(N)ncnc21. The number of aromatic nitrogens is 4. The summed E-state index contributed by atoms with van der Waals surface area (Å²) >= 11 is 3.91. The number of unbranched alkanes of at least 4 members (excludes halogenated alkanes) is 1. The van der Waals surface area contributed by atoms with Crippen LogP contribution in [0.15, 0.2) is 28.5 Å². The highest BCUT2D eigenvalue weighted by atomic mass is 127. The van der Waals surface area contributed by atoms with Gasteiger partial charge in [0.1, 0.15) is 6.33 Å². The van der Waals surface area contributed by atoms with E-state index in [0.29, 0.717) is 23.7 Å². The molecule has 1 aliphatic carbocycles. The third-order valence-corrected chi connectivity index (χ3v) is 7.65. The lowest BCUT2D eigenvalue weighted by Gasteiger charge is -2.11. The molecule has 0 aliphatic heterocycles. The second kappa shape index (κ2) is 9.83. The molecule has 0 fully saturated rings. The van der Waals surface area contributed by atoms with Crippen LogP contribution in [0, 0.1) is 9.49 Å². The molecule has 3 N–H and O–H groups in total. The van der Waals surface area contributed by atoms with E-state index >= 15 is 0 Å². The Morgan fingerprint density at radius 2 is 2.10 bits per heavy atom. The normalized spacial score (nSPS) is 13.5. The minimum absolute atomic E-state index is 0.228. The molecule has 0 amide bonds. The number of fused-ring (bicyclic) bond motifs is 2. The van der Waals surface area contributed by atoms with E-state index in [1.54, 1.807) is 11.8 Å². The van der Waals surface area contributed by atoms with E-state index in [-0.39, 0.29) is 5.78 Å². The molecule has 0 spiro atoms. The molecule has 1 aromatic carbocycles. The van der Waals surface area contributed by atoms with Crippen molar-refractivity contribution in [2.75, 3.05) is 18.8 Å². The number of hydrogen-bond donors (Lipinski definition) is 2. The average molecular weight is 550 g/mol. The number of aryl methyl sites for hydroxylation is 2. The maximum Gasteiger partial charge on any atom is 0.175 e. The van der Waals surface area contributed by atoms with Crippen LogP contribution < -0.4 is 11.1 Å². The first-order valence-corrected chi connectivity index (χ1v) is 12.5. The lowest BCUT2D eigenvalue weighted by molar-refractivity contribution is 0.0994. The zero-order chi connectivity index (χ0) is 22.0. The van der Waals surface area contributed by atoms with E-state index in [9.17, 15) is 4.79 Å². The van der Waals surface area contributed by atoms with Crippen LogP contribution in [-0.2, 0) is 13.0 Å². The summed E-state index contributed by atoms with van der Waals surface area (Å²) in [6.45, 7) is 7.26. The Labute approximate surface area is 200 Å². The molecule has 0 radical (unpaired) electrons. The summed E-state index contributed by atoms with van der Waals surface area (Å²) in [6.07, 6.45) is 5.02. The molecule has 0 saturated carbocycles. The molecule has 0 bridgehead atoms. The Morgan fingerprint density at radius 3 is 2.90 bits per heavy atom. The lowest BCUT2D eigenvalue weighted by atomic mass is 10.1. The number of rotatable bonds is 9. The Bertz CT molecular complexity index is 1110. The van der Waals surface area contributed by atoms with Crippen LogP contribution >= 0.6 is 34.4 Å². The standard InChI is InChI=1S/C22H27IN6OS/c1-13(2)11-25-7-3-4-8-29-21-19(20(24)26-12-27-21)28-22(29)31-18-10-15-14(9-16(18)23)5-6-17(15)30/h9-10,12-13,25H,3-8,11H2,1-2H3,(H2,24,26,27). The van der Waals surface area contributed by atoms with Crippen molar-refractivity contribution in [3.63, 3.8) is 0 Å². The minimum Gasteiger partial charge on any atom is -0.382 e. The number of nitrogens with one attached hydrogen (secondary N) is 1. The third kappa shape index (κ3) is 5.04. The highest BCUT2D eigenvalue weighted by molar-refractivity contribution is 14.1. The number of nitrogens with zero attached hydrogens (tertiary/aromatic N) is 4. The zero-order valence-corrected chi connectivity index (χ0v) is 20.8. The van der Waals surface area contributed by atoms with E-state index < -0.39 is 0 Å². The molecule has 4 rings (SSSR count). The van der Waals surface area contributed by atoms with Gasteiger partial charge in [-0.25, -0.2) is 15.0 Å². The predicted molar refractivity (Wildman–Crippen MR) is 133 cm³/mol. The molecule has 2 aromatic heterocycles. The van der Waals surface area contributed by atoms with Crippen LogP contribution in [0.3, 0.4) is 0 Å². The fraction of sp³-hybridized carbons (Fsp3) is 0.455. The summed E-state index contributed by atoms with van der Waals surface area (Å²) in [4.78, 5) is 26.6. The van der Waals surface area contributed by atoms with Gasteiger partial charge in [0, 0.05) is 27.0 Å². The Morgan fingerprint density at radius 1 is 1.26 bits per heavy atom. The van der Waals surface area contributed by atoms with E-state index in [1.165, 1.54) is 6.33 Å². The largest absolute Gasteiger partial charge is 0.382 e. The number of benzene rings is 1. The first-order valence-electron chi connectivity index (χ1n) is 10.6. The molecule has 9 heteroatoms. The van der Waals surface area contributed by atoms with Gasteiger partial charge in [-0.2, -0.15) is 0 Å². The molecule has 1 aliphatic rings. The molecule has 31 heavy (non-hydrogen) atoms. The van der Waals surface area contributed by atoms with Crippen molar-refractivity contribution in [2.45, 2.75) is 56.1 Å². The van der Waals surface area contributed by atoms with Gasteiger partial charge < -0.3 is 15.6 Å². The van der Waals surface area contributed by atoms with Crippen LogP contribution in [0.4, 0.5) is 5.82 Å². The van der Waals surface area contributed by atoms with E-state index in [2.05, 4.69) is 62.4 Å². The smallest absolute Gasteiger partial charge is 0.175 e. The van der Waals surface area contributed by atoms with Crippen molar-refractivity contribution in [1.82, 2.24) is 24.8 Å². The van der Waals surface area contributed by atoms with E-state index in [0.717, 1.165) is 69.3 Å². The van der Waals surface area contributed by atoms with Crippen molar-refractivity contribution < 1.29 is 4.79 Å². The second-order valence-electron chi connectivity index (χ2n) is 8.25. The number of ketones is 1. The summed E-state index contributed by atoms with van der Waals surface area (Å²) in [5.74, 6) is 1.27. The fourth-order valence-electron chi connectivity index (χ4n) is 3.74. The van der Waals surface area contributed by atoms with Crippen LogP contribution in [0.5, 0.6) is 0 Å². The number of hydrogen-bond acceptors (Lipinski definition) is 7. The van der Waals surface area contributed by atoms with Gasteiger partial charge in [0.05, 0.1) is 0 Å². The van der Waals surface area contributed by atoms with Gasteiger partial charge in [-0.15, -0.1) is 0 Å². The summed E-state index contributed by atoms with van der Waals surface area (Å²) in [5.41, 5.74) is 9.48. The molecule has 2 heterocycles. The van der Waals surface area contributed by atoms with Crippen molar-refractivity contribution in [2.24, 2.45) is 5.92 Å². The van der Waals surface area contributed by atoms with Gasteiger partial charge in [-0.05, 0) is 78.6 Å². The van der Waals surface area contributed by atoms with Crippen molar-refractivity contribution >= 4 is 57.1 Å². The number of nitrogens with two attached hydrogens (primary N) is 1. The lowest BCUT2D eigenvalue weighted by Crippen LogP contribution is -2.21. The number of nitrogen functional groups attached to an aromatic ring is 1. The molecule has 3 aromatic rings. The topological polar surface area (TPSA) is 98.7 Å². The highest BCUT2D eigenvalue weighted by Crippen LogP contribution is 2.37. The number of carbonyl (C=O) groups excluding carboxylic acids is 1.